The third kappa shape index (κ3) is 2.50. The SMILES string of the molecule is CCO[C@@]12CC(=O)CC[C@]1(C)C1CC[C@@]3(C)C(CC(C)[C@@]3(O)C#CN)C1CC2C. The fraction of sp³-hybridized carbons (Fsp3) is 0.880. The maximum atomic E-state index is 12.5. The van der Waals surface area contributed by atoms with Crippen LogP contribution < -0.4 is 5.73 Å². The molecule has 29 heavy (non-hydrogen) atoms. The lowest BCUT2D eigenvalue weighted by Crippen LogP contribution is -2.67. The van der Waals surface area contributed by atoms with Gasteiger partial charge in [0.25, 0.3) is 0 Å². The Morgan fingerprint density at radius 2 is 1.86 bits per heavy atom. The smallest absolute Gasteiger partial charge is 0.135 e. The second kappa shape index (κ2) is 6.72. The van der Waals surface area contributed by atoms with Gasteiger partial charge in [0.05, 0.1) is 5.60 Å². The topological polar surface area (TPSA) is 72.5 Å². The molecule has 0 heterocycles. The van der Waals surface area contributed by atoms with Crippen molar-refractivity contribution in [3.8, 4) is 12.0 Å². The Kier molecular flexibility index (Phi) is 4.91. The van der Waals surface area contributed by atoms with Gasteiger partial charge < -0.3 is 15.6 Å². The minimum Gasteiger partial charge on any atom is -0.377 e. The van der Waals surface area contributed by atoms with Gasteiger partial charge in [-0.3, -0.25) is 4.79 Å². The first-order chi connectivity index (χ1) is 13.6. The molecule has 4 aliphatic rings. The van der Waals surface area contributed by atoms with Crippen molar-refractivity contribution in [1.29, 1.82) is 0 Å². The van der Waals surface area contributed by atoms with Gasteiger partial charge in [-0.1, -0.05) is 27.7 Å². The number of carbonyl (C=O) groups excluding carboxylic acids is 1. The summed E-state index contributed by atoms with van der Waals surface area (Å²) in [5, 5.41) is 11.6. The van der Waals surface area contributed by atoms with Crippen LogP contribution >= 0.6 is 0 Å². The minimum atomic E-state index is -1.00. The first kappa shape index (κ1) is 21.2. The van der Waals surface area contributed by atoms with E-state index in [0.29, 0.717) is 48.9 Å². The van der Waals surface area contributed by atoms with Gasteiger partial charge in [-0.25, -0.2) is 0 Å². The van der Waals surface area contributed by atoms with Gasteiger partial charge in [0.2, 0.25) is 0 Å². The van der Waals surface area contributed by atoms with E-state index in [2.05, 4.69) is 46.6 Å². The van der Waals surface area contributed by atoms with Crippen LogP contribution in [-0.2, 0) is 9.53 Å². The van der Waals surface area contributed by atoms with E-state index in [-0.39, 0.29) is 22.3 Å². The van der Waals surface area contributed by atoms with Crippen LogP contribution in [0.1, 0.15) is 79.6 Å². The number of ketones is 1. The second-order valence-corrected chi connectivity index (χ2v) is 11.1. The molecule has 0 aromatic rings. The molecule has 4 nitrogen and oxygen atoms in total. The van der Waals surface area contributed by atoms with Crippen molar-refractivity contribution in [3.05, 3.63) is 0 Å². The Bertz CT molecular complexity index is 755. The number of nitrogens with two attached hydrogens (primary N) is 1. The fourth-order valence-electron chi connectivity index (χ4n) is 8.77. The number of carbonyl (C=O) groups is 1. The summed E-state index contributed by atoms with van der Waals surface area (Å²) in [6, 6.07) is 2.54. The van der Waals surface area contributed by atoms with E-state index in [4.69, 9.17) is 10.5 Å². The van der Waals surface area contributed by atoms with Crippen LogP contribution in [0.3, 0.4) is 0 Å². The molecule has 0 aliphatic heterocycles. The van der Waals surface area contributed by atoms with Crippen LogP contribution in [0.15, 0.2) is 0 Å². The lowest BCUT2D eigenvalue weighted by atomic mass is 9.41. The number of aliphatic hydroxyl groups is 1. The summed E-state index contributed by atoms with van der Waals surface area (Å²) in [5.41, 5.74) is 4.06. The van der Waals surface area contributed by atoms with Gasteiger partial charge >= 0.3 is 0 Å². The molecule has 0 saturated heterocycles. The largest absolute Gasteiger partial charge is 0.377 e. The Labute approximate surface area is 176 Å². The van der Waals surface area contributed by atoms with E-state index in [0.717, 1.165) is 32.1 Å². The van der Waals surface area contributed by atoms with Crippen LogP contribution in [0.5, 0.6) is 0 Å². The summed E-state index contributed by atoms with van der Waals surface area (Å²) in [6.45, 7) is 11.8. The van der Waals surface area contributed by atoms with Crippen molar-refractivity contribution in [3.63, 3.8) is 0 Å². The number of fused-ring (bicyclic) bond motifs is 5. The zero-order valence-corrected chi connectivity index (χ0v) is 18.9. The van der Waals surface area contributed by atoms with Crippen LogP contribution in [0.25, 0.3) is 0 Å². The Balaban J connectivity index is 1.76. The van der Waals surface area contributed by atoms with Crippen molar-refractivity contribution >= 4 is 5.78 Å². The predicted molar refractivity (Wildman–Crippen MR) is 114 cm³/mol. The molecule has 9 atom stereocenters. The maximum Gasteiger partial charge on any atom is 0.135 e. The number of ether oxygens (including phenoxy) is 1. The standard InChI is InChI=1S/C25H39NO3/c1-6-29-25-15-18(27)7-9-23(25,5)20-8-10-22(4)21(19(20)13-17(25)3)14-16(2)24(22,28)11-12-26/h16-17,19-21,28H,6-10,13-15,26H2,1-5H3/t16?,17?,19?,20?,21?,22-,23+,24-,25+/m0/s1. The highest BCUT2D eigenvalue weighted by atomic mass is 16.5. The lowest BCUT2D eigenvalue weighted by molar-refractivity contribution is -0.250. The molecule has 0 spiro atoms. The van der Waals surface area contributed by atoms with Crippen molar-refractivity contribution in [2.75, 3.05) is 6.61 Å². The van der Waals surface area contributed by atoms with Gasteiger partial charge in [0, 0.05) is 36.3 Å². The molecule has 0 radical (unpaired) electrons. The van der Waals surface area contributed by atoms with Gasteiger partial charge in [0.15, 0.2) is 0 Å². The molecule has 3 N–H and O–H groups in total. The zero-order chi connectivity index (χ0) is 21.2. The second-order valence-electron chi connectivity index (χ2n) is 11.1. The molecule has 4 aliphatic carbocycles. The van der Waals surface area contributed by atoms with Gasteiger partial charge in [-0.15, -0.1) is 0 Å². The number of hydrogen-bond donors (Lipinski definition) is 2. The van der Waals surface area contributed by atoms with Crippen LogP contribution in [0, 0.1) is 52.4 Å². The monoisotopic (exact) mass is 401 g/mol. The van der Waals surface area contributed by atoms with E-state index in [1.54, 1.807) is 0 Å². The highest BCUT2D eigenvalue weighted by Gasteiger charge is 2.70. The molecule has 0 aromatic heterocycles. The Morgan fingerprint density at radius 3 is 2.52 bits per heavy atom. The normalized spacial score (nSPS) is 54.0. The molecule has 4 rings (SSSR count). The highest BCUT2D eigenvalue weighted by Crippen LogP contribution is 2.71. The molecular weight excluding hydrogens is 362 g/mol. The van der Waals surface area contributed by atoms with Crippen LogP contribution in [0.2, 0.25) is 0 Å². The van der Waals surface area contributed by atoms with Gasteiger partial charge in [-0.05, 0) is 74.5 Å². The zero-order valence-electron chi connectivity index (χ0n) is 18.9. The average Bonchev–Trinajstić information content (AvgIpc) is 2.86. The molecule has 5 unspecified atom stereocenters. The first-order valence-corrected chi connectivity index (χ1v) is 11.7. The van der Waals surface area contributed by atoms with E-state index in [1.165, 1.54) is 0 Å². The summed E-state index contributed by atoms with van der Waals surface area (Å²) in [5.74, 6) is 5.39. The van der Waals surface area contributed by atoms with Gasteiger partial charge in [0.1, 0.15) is 11.4 Å². The van der Waals surface area contributed by atoms with E-state index < -0.39 is 5.60 Å². The highest BCUT2D eigenvalue weighted by molar-refractivity contribution is 5.81. The molecular formula is C25H39NO3. The molecule has 0 aromatic carbocycles. The Morgan fingerprint density at radius 1 is 1.14 bits per heavy atom. The van der Waals surface area contributed by atoms with Crippen LogP contribution in [0.4, 0.5) is 0 Å². The Hall–Kier alpha value is -1.05. The predicted octanol–water partition coefficient (Wildman–Crippen LogP) is 3.90. The quantitative estimate of drug-likeness (QED) is 0.544. The van der Waals surface area contributed by atoms with E-state index >= 15 is 0 Å². The third-order valence-electron chi connectivity index (χ3n) is 10.3. The summed E-state index contributed by atoms with van der Waals surface area (Å²) in [7, 11) is 0. The van der Waals surface area contributed by atoms with Crippen molar-refractivity contribution in [2.45, 2.75) is 90.8 Å². The molecule has 4 heteroatoms. The first-order valence-electron chi connectivity index (χ1n) is 11.7. The molecule has 0 amide bonds. The minimum absolute atomic E-state index is 0.0179. The third-order valence-corrected chi connectivity index (χ3v) is 10.3. The van der Waals surface area contributed by atoms with E-state index in [9.17, 15) is 9.90 Å². The fourth-order valence-corrected chi connectivity index (χ4v) is 8.77. The van der Waals surface area contributed by atoms with Crippen molar-refractivity contribution < 1.29 is 14.6 Å². The van der Waals surface area contributed by atoms with Crippen molar-refractivity contribution in [1.82, 2.24) is 0 Å². The number of hydrogen-bond acceptors (Lipinski definition) is 4. The summed E-state index contributed by atoms with van der Waals surface area (Å²) >= 11 is 0. The maximum absolute atomic E-state index is 12.5. The summed E-state index contributed by atoms with van der Waals surface area (Å²) in [4.78, 5) is 12.5. The number of Topliss-reactive ketones (excluding diaryl/α,β-unsaturated/α-hetero) is 1. The summed E-state index contributed by atoms with van der Waals surface area (Å²) < 4.78 is 6.54. The summed E-state index contributed by atoms with van der Waals surface area (Å²) in [6.07, 6.45) is 6.31. The van der Waals surface area contributed by atoms with Crippen LogP contribution in [-0.4, -0.2) is 28.7 Å². The number of rotatable bonds is 2. The molecule has 162 valence electrons. The molecule has 0 bridgehead atoms. The molecule has 4 fully saturated rings. The molecule has 4 saturated carbocycles. The average molecular weight is 402 g/mol. The lowest BCUT2D eigenvalue weighted by Gasteiger charge is -2.66. The van der Waals surface area contributed by atoms with E-state index in [1.807, 2.05) is 0 Å². The van der Waals surface area contributed by atoms with Crippen molar-refractivity contribution in [2.24, 2.45) is 46.2 Å². The van der Waals surface area contributed by atoms with Gasteiger partial charge in [-0.2, -0.15) is 0 Å².